The highest BCUT2D eigenvalue weighted by molar-refractivity contribution is 5.76. The van der Waals surface area contributed by atoms with Crippen LogP contribution in [0.1, 0.15) is 226 Å². The van der Waals surface area contributed by atoms with Crippen LogP contribution < -0.4 is 5.32 Å². The Morgan fingerprint density at radius 2 is 0.919 bits per heavy atom. The van der Waals surface area contributed by atoms with Gasteiger partial charge in [-0.2, -0.15) is 0 Å². The zero-order chi connectivity index (χ0) is 45.1. The minimum atomic E-state index is -1.58. The standard InChI is InChI=1S/C53H97NO8/c1-3-5-7-9-11-13-15-17-19-20-21-22-23-24-25-26-27-29-30-32-34-36-38-40-42-47(56)46(45-61-53-52(60)51(59)50(58)48(44-55)62-53)54-49(57)43-41-39-37-35-33-31-28-18-16-14-12-10-8-6-4-2/h14,16,26-27,32,34,40,42,46-48,50-53,55-56,58-60H,3-13,15,17-25,28-31,33,35-39,41,43-45H2,1-2H3,(H,54,57)/b16-14-,27-26+,34-32+,42-40+. The minimum Gasteiger partial charge on any atom is -0.394 e. The van der Waals surface area contributed by atoms with Crippen molar-refractivity contribution in [3.05, 3.63) is 48.6 Å². The first-order chi connectivity index (χ1) is 30.3. The molecule has 1 aliphatic rings. The summed E-state index contributed by atoms with van der Waals surface area (Å²) in [5.74, 6) is -0.196. The van der Waals surface area contributed by atoms with Crippen LogP contribution in [-0.2, 0) is 14.3 Å². The van der Waals surface area contributed by atoms with E-state index >= 15 is 0 Å². The van der Waals surface area contributed by atoms with Gasteiger partial charge in [-0.25, -0.2) is 0 Å². The molecule has 362 valence electrons. The molecule has 0 aromatic rings. The third kappa shape index (κ3) is 32.8. The van der Waals surface area contributed by atoms with E-state index in [9.17, 15) is 30.3 Å². The topological polar surface area (TPSA) is 149 Å². The summed E-state index contributed by atoms with van der Waals surface area (Å²) in [7, 11) is 0. The summed E-state index contributed by atoms with van der Waals surface area (Å²) in [6.45, 7) is 3.74. The molecule has 62 heavy (non-hydrogen) atoms. The second kappa shape index (κ2) is 43.1. The number of aliphatic hydroxyl groups is 5. The summed E-state index contributed by atoms with van der Waals surface area (Å²) in [5, 5.41) is 54.3. The second-order valence-electron chi connectivity index (χ2n) is 17.9. The number of carbonyl (C=O) groups excluding carboxylic acids is 1. The Labute approximate surface area is 380 Å². The van der Waals surface area contributed by atoms with Gasteiger partial charge in [-0.05, 0) is 70.6 Å². The molecule has 6 N–H and O–H groups in total. The number of carbonyl (C=O) groups is 1. The summed E-state index contributed by atoms with van der Waals surface area (Å²) in [4.78, 5) is 13.0. The first kappa shape index (κ1) is 58.2. The Bertz CT molecular complexity index is 1110. The lowest BCUT2D eigenvalue weighted by molar-refractivity contribution is -0.302. The lowest BCUT2D eigenvalue weighted by atomic mass is 9.99. The van der Waals surface area contributed by atoms with Crippen LogP contribution >= 0.6 is 0 Å². The fourth-order valence-electron chi connectivity index (χ4n) is 7.95. The maximum absolute atomic E-state index is 13.0. The van der Waals surface area contributed by atoms with Gasteiger partial charge in [0.05, 0.1) is 25.4 Å². The van der Waals surface area contributed by atoms with Gasteiger partial charge in [0.2, 0.25) is 5.91 Å². The van der Waals surface area contributed by atoms with Gasteiger partial charge in [-0.15, -0.1) is 0 Å². The first-order valence-corrected chi connectivity index (χ1v) is 25.9. The summed E-state index contributed by atoms with van der Waals surface area (Å²) >= 11 is 0. The zero-order valence-corrected chi connectivity index (χ0v) is 39.9. The van der Waals surface area contributed by atoms with E-state index in [1.165, 1.54) is 148 Å². The molecular formula is C53H97NO8. The molecule has 0 saturated carbocycles. The molecule has 0 aromatic heterocycles. The molecule has 1 fully saturated rings. The molecule has 0 radical (unpaired) electrons. The Hall–Kier alpha value is -1.85. The zero-order valence-electron chi connectivity index (χ0n) is 39.9. The molecule has 0 aromatic carbocycles. The van der Waals surface area contributed by atoms with Crippen LogP contribution in [0, 0.1) is 0 Å². The van der Waals surface area contributed by atoms with Crippen molar-refractivity contribution < 1.29 is 39.8 Å². The number of amides is 1. The molecule has 0 bridgehead atoms. The lowest BCUT2D eigenvalue weighted by Gasteiger charge is -2.40. The van der Waals surface area contributed by atoms with Crippen LogP contribution in [0.4, 0.5) is 0 Å². The van der Waals surface area contributed by atoms with Crippen LogP contribution in [0.5, 0.6) is 0 Å². The van der Waals surface area contributed by atoms with E-state index < -0.39 is 49.5 Å². The summed E-state index contributed by atoms with van der Waals surface area (Å²) in [6.07, 6.45) is 48.8. The molecule has 9 heteroatoms. The minimum absolute atomic E-state index is 0.196. The van der Waals surface area contributed by atoms with Gasteiger partial charge < -0.3 is 40.3 Å². The van der Waals surface area contributed by atoms with Crippen LogP contribution in [-0.4, -0.2) is 87.5 Å². The smallest absolute Gasteiger partial charge is 0.220 e. The number of nitrogens with one attached hydrogen (secondary N) is 1. The number of allylic oxidation sites excluding steroid dienone is 7. The molecule has 0 spiro atoms. The van der Waals surface area contributed by atoms with Crippen LogP contribution in [0.2, 0.25) is 0 Å². The molecule has 9 nitrogen and oxygen atoms in total. The largest absolute Gasteiger partial charge is 0.394 e. The average molecular weight is 876 g/mol. The Kier molecular flexibility index (Phi) is 40.4. The Balaban J connectivity index is 2.32. The molecule has 1 heterocycles. The van der Waals surface area contributed by atoms with Crippen molar-refractivity contribution >= 4 is 5.91 Å². The number of unbranched alkanes of at least 4 members (excludes halogenated alkanes) is 27. The van der Waals surface area contributed by atoms with E-state index in [-0.39, 0.29) is 12.5 Å². The molecular weight excluding hydrogens is 779 g/mol. The monoisotopic (exact) mass is 876 g/mol. The van der Waals surface area contributed by atoms with Crippen molar-refractivity contribution in [3.8, 4) is 0 Å². The molecule has 1 saturated heterocycles. The molecule has 7 unspecified atom stereocenters. The van der Waals surface area contributed by atoms with Crippen molar-refractivity contribution in [1.29, 1.82) is 0 Å². The van der Waals surface area contributed by atoms with Gasteiger partial charge in [0, 0.05) is 6.42 Å². The highest BCUT2D eigenvalue weighted by Gasteiger charge is 2.44. The van der Waals surface area contributed by atoms with Crippen molar-refractivity contribution in [2.75, 3.05) is 13.2 Å². The molecule has 1 amide bonds. The first-order valence-electron chi connectivity index (χ1n) is 25.9. The average Bonchev–Trinajstić information content (AvgIpc) is 3.27. The van der Waals surface area contributed by atoms with Crippen molar-refractivity contribution in [3.63, 3.8) is 0 Å². The third-order valence-corrected chi connectivity index (χ3v) is 12.1. The summed E-state index contributed by atoms with van der Waals surface area (Å²) < 4.78 is 11.2. The highest BCUT2D eigenvalue weighted by Crippen LogP contribution is 2.23. The van der Waals surface area contributed by atoms with Gasteiger partial charge in [0.25, 0.3) is 0 Å². The van der Waals surface area contributed by atoms with Gasteiger partial charge in [0.1, 0.15) is 24.4 Å². The number of hydrogen-bond acceptors (Lipinski definition) is 8. The SMILES string of the molecule is CCCCCC/C=C\CCCCCCCCCC(=O)NC(COC1OC(CO)C(O)C(O)C1O)C(O)/C=C/CC/C=C/CC/C=C/CCCCCCCCCCCCCCCC. The second-order valence-corrected chi connectivity index (χ2v) is 17.9. The van der Waals surface area contributed by atoms with E-state index in [1.807, 2.05) is 6.08 Å². The van der Waals surface area contributed by atoms with Crippen LogP contribution in [0.15, 0.2) is 48.6 Å². The molecule has 1 rings (SSSR count). The number of ether oxygens (including phenoxy) is 2. The van der Waals surface area contributed by atoms with Crippen LogP contribution in [0.25, 0.3) is 0 Å². The quantitative estimate of drug-likeness (QED) is 0.0262. The Morgan fingerprint density at radius 3 is 1.37 bits per heavy atom. The van der Waals surface area contributed by atoms with Crippen molar-refractivity contribution in [2.24, 2.45) is 0 Å². The normalized spacial score (nSPS) is 20.7. The van der Waals surface area contributed by atoms with Gasteiger partial charge in [-0.3, -0.25) is 4.79 Å². The molecule has 7 atom stereocenters. The van der Waals surface area contributed by atoms with E-state index in [0.717, 1.165) is 57.8 Å². The molecule has 1 aliphatic heterocycles. The van der Waals surface area contributed by atoms with Gasteiger partial charge in [-0.1, -0.05) is 197 Å². The third-order valence-electron chi connectivity index (χ3n) is 12.1. The predicted octanol–water partition coefficient (Wildman–Crippen LogP) is 11.8. The fraction of sp³-hybridized carbons (Fsp3) is 0.830. The van der Waals surface area contributed by atoms with Crippen molar-refractivity contribution in [1.82, 2.24) is 5.32 Å². The highest BCUT2D eigenvalue weighted by atomic mass is 16.7. The molecule has 0 aliphatic carbocycles. The van der Waals surface area contributed by atoms with E-state index in [2.05, 4.69) is 55.6 Å². The van der Waals surface area contributed by atoms with Gasteiger partial charge in [0.15, 0.2) is 6.29 Å². The van der Waals surface area contributed by atoms with Crippen molar-refractivity contribution in [2.45, 2.75) is 269 Å². The Morgan fingerprint density at radius 1 is 0.532 bits per heavy atom. The van der Waals surface area contributed by atoms with Gasteiger partial charge >= 0.3 is 0 Å². The maximum Gasteiger partial charge on any atom is 0.220 e. The lowest BCUT2D eigenvalue weighted by Crippen LogP contribution is -2.60. The summed E-state index contributed by atoms with van der Waals surface area (Å²) in [5.41, 5.74) is 0. The maximum atomic E-state index is 13.0. The summed E-state index contributed by atoms with van der Waals surface area (Å²) in [6, 6.07) is -0.830. The van der Waals surface area contributed by atoms with E-state index in [0.29, 0.717) is 6.42 Å². The fourth-order valence-corrected chi connectivity index (χ4v) is 7.95. The number of hydrogen-bond donors (Lipinski definition) is 6. The predicted molar refractivity (Wildman–Crippen MR) is 258 cm³/mol. The number of aliphatic hydroxyl groups excluding tert-OH is 5. The van der Waals surface area contributed by atoms with E-state index in [4.69, 9.17) is 9.47 Å². The number of rotatable bonds is 43. The van der Waals surface area contributed by atoms with E-state index in [1.54, 1.807) is 6.08 Å². The van der Waals surface area contributed by atoms with Crippen LogP contribution in [0.3, 0.4) is 0 Å².